The first-order chi connectivity index (χ1) is 11.1. The van der Waals surface area contributed by atoms with E-state index in [9.17, 15) is 8.42 Å². The van der Waals surface area contributed by atoms with Gasteiger partial charge in [-0.1, -0.05) is 0 Å². The molecule has 2 heterocycles. The largest absolute Gasteiger partial charge is 0.379 e. The van der Waals surface area contributed by atoms with E-state index >= 15 is 0 Å². The number of sulfonamides is 1. The van der Waals surface area contributed by atoms with Gasteiger partial charge in [-0.05, 0) is 13.3 Å². The van der Waals surface area contributed by atoms with Crippen molar-refractivity contribution in [3.05, 3.63) is 0 Å². The first-order valence-corrected chi connectivity index (χ1v) is 10.0. The van der Waals surface area contributed by atoms with Crippen LogP contribution in [0.4, 0.5) is 0 Å². The minimum atomic E-state index is -3.02. The lowest BCUT2D eigenvalue weighted by molar-refractivity contribution is 0.0389. The van der Waals surface area contributed by atoms with E-state index in [2.05, 4.69) is 20.5 Å². The Bertz CT molecular complexity index is 477. The fraction of sp³-hybridized carbons (Fsp3) is 0.929. The van der Waals surface area contributed by atoms with Crippen molar-refractivity contribution < 1.29 is 13.2 Å². The Hall–Kier alpha value is -0.900. The number of aliphatic imine (C=N–C) groups is 1. The van der Waals surface area contributed by atoms with Gasteiger partial charge < -0.3 is 15.4 Å². The Kier molecular flexibility index (Phi) is 7.54. The van der Waals surface area contributed by atoms with Gasteiger partial charge >= 0.3 is 0 Å². The van der Waals surface area contributed by atoms with Crippen LogP contribution in [0.1, 0.15) is 13.3 Å². The molecular weight excluding hydrogens is 318 g/mol. The minimum Gasteiger partial charge on any atom is -0.379 e. The molecule has 0 saturated carbocycles. The summed E-state index contributed by atoms with van der Waals surface area (Å²) in [6.07, 6.45) is 0.726. The maximum atomic E-state index is 11.7. The average molecular weight is 347 g/mol. The van der Waals surface area contributed by atoms with E-state index in [0.29, 0.717) is 19.6 Å². The van der Waals surface area contributed by atoms with Crippen molar-refractivity contribution >= 4 is 16.0 Å². The van der Waals surface area contributed by atoms with Gasteiger partial charge in [0.15, 0.2) is 5.96 Å². The van der Waals surface area contributed by atoms with E-state index in [1.807, 2.05) is 6.92 Å². The third kappa shape index (κ3) is 6.25. The van der Waals surface area contributed by atoms with Crippen molar-refractivity contribution in [2.24, 2.45) is 4.99 Å². The Morgan fingerprint density at radius 2 is 1.96 bits per heavy atom. The number of morpholine rings is 1. The second-order valence-corrected chi connectivity index (χ2v) is 7.80. The highest BCUT2D eigenvalue weighted by Crippen LogP contribution is 2.12. The maximum absolute atomic E-state index is 11.7. The molecule has 9 heteroatoms. The molecule has 0 aliphatic carbocycles. The monoisotopic (exact) mass is 347 g/mol. The van der Waals surface area contributed by atoms with Crippen LogP contribution in [0.2, 0.25) is 0 Å². The second-order valence-electron chi connectivity index (χ2n) is 5.71. The first-order valence-electron chi connectivity index (χ1n) is 8.42. The summed E-state index contributed by atoms with van der Waals surface area (Å²) in [6.45, 7) is 9.69. The molecule has 0 aromatic heterocycles. The summed E-state index contributed by atoms with van der Waals surface area (Å²) in [5.74, 6) is 1.02. The summed E-state index contributed by atoms with van der Waals surface area (Å²) in [5, 5.41) is 6.50. The number of nitrogens with one attached hydrogen (secondary N) is 2. The maximum Gasteiger partial charge on any atom is 0.214 e. The van der Waals surface area contributed by atoms with Crippen LogP contribution in [0.3, 0.4) is 0 Å². The average Bonchev–Trinajstić information content (AvgIpc) is 2.87. The van der Waals surface area contributed by atoms with Crippen LogP contribution in [0.15, 0.2) is 4.99 Å². The van der Waals surface area contributed by atoms with Gasteiger partial charge in [0.05, 0.1) is 25.5 Å². The summed E-state index contributed by atoms with van der Waals surface area (Å²) in [7, 11) is -3.02. The van der Waals surface area contributed by atoms with Gasteiger partial charge in [0, 0.05) is 45.8 Å². The fourth-order valence-electron chi connectivity index (χ4n) is 2.71. The van der Waals surface area contributed by atoms with Gasteiger partial charge in [0.25, 0.3) is 0 Å². The summed E-state index contributed by atoms with van der Waals surface area (Å²) >= 11 is 0. The van der Waals surface area contributed by atoms with Gasteiger partial charge in [0.2, 0.25) is 10.0 Å². The molecule has 2 aliphatic rings. The lowest BCUT2D eigenvalue weighted by Crippen LogP contribution is -2.44. The molecule has 0 spiro atoms. The summed E-state index contributed by atoms with van der Waals surface area (Å²) < 4.78 is 30.3. The summed E-state index contributed by atoms with van der Waals surface area (Å²) in [4.78, 5) is 6.83. The Balaban J connectivity index is 1.71. The van der Waals surface area contributed by atoms with Crippen LogP contribution < -0.4 is 10.6 Å². The normalized spacial score (nSPS) is 23.1. The number of nitrogens with zero attached hydrogens (tertiary/aromatic N) is 3. The quantitative estimate of drug-likeness (QED) is 0.450. The van der Waals surface area contributed by atoms with Crippen molar-refractivity contribution in [3.63, 3.8) is 0 Å². The lowest BCUT2D eigenvalue weighted by atomic mass is 10.4. The van der Waals surface area contributed by atoms with E-state index in [-0.39, 0.29) is 5.75 Å². The molecule has 0 aromatic carbocycles. The zero-order valence-corrected chi connectivity index (χ0v) is 14.8. The van der Waals surface area contributed by atoms with E-state index in [4.69, 9.17) is 4.74 Å². The van der Waals surface area contributed by atoms with Crippen molar-refractivity contribution in [3.8, 4) is 0 Å². The summed E-state index contributed by atoms with van der Waals surface area (Å²) in [6, 6.07) is 0. The van der Waals surface area contributed by atoms with Crippen LogP contribution in [0.25, 0.3) is 0 Å². The SMILES string of the molecule is CCNC(=NCCN1CCCS1(=O)=O)NCCN1CCOCC1. The molecule has 23 heavy (non-hydrogen) atoms. The number of hydrogen-bond acceptors (Lipinski definition) is 5. The number of rotatable bonds is 7. The second kappa shape index (κ2) is 9.41. The fourth-order valence-corrected chi connectivity index (χ4v) is 4.23. The summed E-state index contributed by atoms with van der Waals surface area (Å²) in [5.41, 5.74) is 0. The zero-order valence-electron chi connectivity index (χ0n) is 14.0. The smallest absolute Gasteiger partial charge is 0.214 e. The van der Waals surface area contributed by atoms with E-state index < -0.39 is 10.0 Å². The van der Waals surface area contributed by atoms with Crippen LogP contribution in [0.5, 0.6) is 0 Å². The molecule has 2 N–H and O–H groups in total. The topological polar surface area (TPSA) is 86.3 Å². The van der Waals surface area contributed by atoms with Crippen LogP contribution in [0, 0.1) is 0 Å². The molecule has 0 aromatic rings. The van der Waals surface area contributed by atoms with Gasteiger partial charge in [-0.2, -0.15) is 0 Å². The van der Waals surface area contributed by atoms with E-state index in [1.54, 1.807) is 0 Å². The standard InChI is InChI=1S/C14H29N5O3S/c1-2-15-14(16-4-7-18-9-11-22-12-10-18)17-5-8-19-6-3-13-23(19,20)21/h2-13H2,1H3,(H2,15,16,17). The number of ether oxygens (including phenoxy) is 1. The van der Waals surface area contributed by atoms with Crippen LogP contribution in [-0.4, -0.2) is 94.9 Å². The first kappa shape index (κ1) is 18.4. The molecule has 2 rings (SSSR count). The highest BCUT2D eigenvalue weighted by atomic mass is 32.2. The molecule has 0 amide bonds. The molecule has 2 aliphatic heterocycles. The number of guanidine groups is 1. The number of hydrogen-bond donors (Lipinski definition) is 2. The van der Waals surface area contributed by atoms with Crippen molar-refractivity contribution in [1.82, 2.24) is 19.8 Å². The molecule has 2 fully saturated rings. The molecule has 0 bridgehead atoms. The molecule has 134 valence electrons. The van der Waals surface area contributed by atoms with Gasteiger partial charge in [-0.25, -0.2) is 12.7 Å². The van der Waals surface area contributed by atoms with Crippen LogP contribution >= 0.6 is 0 Å². The molecule has 0 atom stereocenters. The predicted molar refractivity (Wildman–Crippen MR) is 91.2 cm³/mol. The van der Waals surface area contributed by atoms with Crippen molar-refractivity contribution in [1.29, 1.82) is 0 Å². The Morgan fingerprint density at radius 3 is 2.61 bits per heavy atom. The van der Waals surface area contributed by atoms with Gasteiger partial charge in [-0.15, -0.1) is 0 Å². The molecule has 8 nitrogen and oxygen atoms in total. The third-order valence-electron chi connectivity index (χ3n) is 3.99. The third-order valence-corrected chi connectivity index (χ3v) is 5.95. The highest BCUT2D eigenvalue weighted by molar-refractivity contribution is 7.89. The van der Waals surface area contributed by atoms with Gasteiger partial charge in [-0.3, -0.25) is 9.89 Å². The van der Waals surface area contributed by atoms with E-state index in [0.717, 1.165) is 58.3 Å². The lowest BCUT2D eigenvalue weighted by Gasteiger charge is -2.26. The molecule has 0 radical (unpaired) electrons. The highest BCUT2D eigenvalue weighted by Gasteiger charge is 2.27. The van der Waals surface area contributed by atoms with Crippen molar-refractivity contribution in [2.45, 2.75) is 13.3 Å². The Labute approximate surface area is 139 Å². The predicted octanol–water partition coefficient (Wildman–Crippen LogP) is -1.09. The molecule has 0 unspecified atom stereocenters. The van der Waals surface area contributed by atoms with Crippen molar-refractivity contribution in [2.75, 3.05) is 71.3 Å². The van der Waals surface area contributed by atoms with E-state index in [1.165, 1.54) is 4.31 Å². The zero-order chi connectivity index (χ0) is 16.5. The molecular formula is C14H29N5O3S. The van der Waals surface area contributed by atoms with Gasteiger partial charge in [0.1, 0.15) is 0 Å². The van der Waals surface area contributed by atoms with Crippen LogP contribution in [-0.2, 0) is 14.8 Å². The molecule has 2 saturated heterocycles. The minimum absolute atomic E-state index is 0.272. The Morgan fingerprint density at radius 1 is 1.17 bits per heavy atom.